The minimum absolute atomic E-state index is 0.0647. The normalized spacial score (nSPS) is 11.1. The number of fused-ring (bicyclic) bond motifs is 1. The number of hydrogen-bond acceptors (Lipinski definition) is 2. The van der Waals surface area contributed by atoms with Crippen molar-refractivity contribution in [2.45, 2.75) is 16.4 Å². The zero-order valence-electron chi connectivity index (χ0n) is 10.1. The van der Waals surface area contributed by atoms with Gasteiger partial charge in [-0.3, -0.25) is 0 Å². The van der Waals surface area contributed by atoms with Crippen LogP contribution < -0.4 is 0 Å². The quantitative estimate of drug-likeness (QED) is 0.736. The van der Waals surface area contributed by atoms with Crippen molar-refractivity contribution >= 4 is 38.6 Å². The van der Waals surface area contributed by atoms with Gasteiger partial charge >= 0.3 is 0 Å². The Morgan fingerprint density at radius 3 is 2.79 bits per heavy atom. The third-order valence-corrected chi connectivity index (χ3v) is 4.64. The van der Waals surface area contributed by atoms with E-state index in [1.54, 1.807) is 11.8 Å². The largest absolute Gasteiger partial charge is 0.392 e. The van der Waals surface area contributed by atoms with Gasteiger partial charge in [0.1, 0.15) is 0 Å². The van der Waals surface area contributed by atoms with Crippen LogP contribution in [0.15, 0.2) is 62.9 Å². The van der Waals surface area contributed by atoms with Gasteiger partial charge in [-0.05, 0) is 29.8 Å². The van der Waals surface area contributed by atoms with Crippen LogP contribution in [0.5, 0.6) is 0 Å². The molecule has 2 N–H and O–H groups in total. The molecule has 0 amide bonds. The van der Waals surface area contributed by atoms with E-state index in [9.17, 15) is 5.11 Å². The van der Waals surface area contributed by atoms with Gasteiger partial charge in [-0.2, -0.15) is 0 Å². The third-order valence-electron chi connectivity index (χ3n) is 2.97. The molecule has 0 atom stereocenters. The van der Waals surface area contributed by atoms with Crippen LogP contribution in [-0.2, 0) is 6.61 Å². The Balaban J connectivity index is 2.03. The summed E-state index contributed by atoms with van der Waals surface area (Å²) in [4.78, 5) is 5.52. The van der Waals surface area contributed by atoms with Crippen molar-refractivity contribution in [2.24, 2.45) is 0 Å². The lowest BCUT2D eigenvalue weighted by atomic mass is 10.2. The van der Waals surface area contributed by atoms with E-state index in [-0.39, 0.29) is 6.61 Å². The summed E-state index contributed by atoms with van der Waals surface area (Å²) in [5, 5.41) is 10.6. The summed E-state index contributed by atoms with van der Waals surface area (Å²) in [6, 6.07) is 14.1. The summed E-state index contributed by atoms with van der Waals surface area (Å²) in [5.41, 5.74) is 2.07. The molecule has 2 aromatic carbocycles. The standard InChI is InChI=1S/C15H12BrNOS/c16-11-5-6-13-12(7-11)15(8-17-13)19-14-4-2-1-3-10(14)9-18/h1-8,17-18H,9H2. The highest BCUT2D eigenvalue weighted by atomic mass is 79.9. The van der Waals surface area contributed by atoms with Crippen molar-refractivity contribution in [1.82, 2.24) is 4.98 Å². The maximum Gasteiger partial charge on any atom is 0.0692 e. The molecule has 2 nitrogen and oxygen atoms in total. The molecule has 0 aliphatic rings. The van der Waals surface area contributed by atoms with E-state index in [0.717, 1.165) is 25.3 Å². The Kier molecular flexibility index (Phi) is 3.64. The van der Waals surface area contributed by atoms with Crippen LogP contribution in [0, 0.1) is 0 Å². The molecule has 96 valence electrons. The minimum atomic E-state index is 0.0647. The monoisotopic (exact) mass is 333 g/mol. The predicted molar refractivity (Wildman–Crippen MR) is 82.5 cm³/mol. The smallest absolute Gasteiger partial charge is 0.0692 e. The SMILES string of the molecule is OCc1ccccc1Sc1c[nH]c2ccc(Br)cc12. The fourth-order valence-corrected chi connectivity index (χ4v) is 3.41. The second-order valence-corrected chi connectivity index (χ2v) is 6.21. The molecule has 3 aromatic rings. The number of benzene rings is 2. The summed E-state index contributed by atoms with van der Waals surface area (Å²) in [5.74, 6) is 0. The number of hydrogen-bond donors (Lipinski definition) is 2. The molecule has 0 spiro atoms. The van der Waals surface area contributed by atoms with E-state index in [2.05, 4.69) is 33.0 Å². The maximum absolute atomic E-state index is 9.38. The summed E-state index contributed by atoms with van der Waals surface area (Å²) in [7, 11) is 0. The average Bonchev–Trinajstić information content (AvgIpc) is 2.82. The predicted octanol–water partition coefficient (Wildman–Crippen LogP) is 4.57. The number of aromatic amines is 1. The zero-order valence-corrected chi connectivity index (χ0v) is 12.5. The molecule has 0 radical (unpaired) electrons. The van der Waals surface area contributed by atoms with Gasteiger partial charge < -0.3 is 10.1 Å². The Morgan fingerprint density at radius 2 is 1.95 bits per heavy atom. The van der Waals surface area contributed by atoms with Crippen molar-refractivity contribution in [3.63, 3.8) is 0 Å². The van der Waals surface area contributed by atoms with Crippen molar-refractivity contribution in [1.29, 1.82) is 0 Å². The van der Waals surface area contributed by atoms with E-state index in [0.29, 0.717) is 0 Å². The van der Waals surface area contributed by atoms with Crippen LogP contribution in [-0.4, -0.2) is 10.1 Å². The molecule has 19 heavy (non-hydrogen) atoms. The minimum Gasteiger partial charge on any atom is -0.392 e. The van der Waals surface area contributed by atoms with E-state index in [1.807, 2.05) is 36.5 Å². The van der Waals surface area contributed by atoms with Crippen LogP contribution >= 0.6 is 27.7 Å². The first-order chi connectivity index (χ1) is 9.28. The van der Waals surface area contributed by atoms with Gasteiger partial charge in [-0.1, -0.05) is 45.9 Å². The van der Waals surface area contributed by atoms with Crippen molar-refractivity contribution in [3.8, 4) is 0 Å². The van der Waals surface area contributed by atoms with Gasteiger partial charge in [0.05, 0.1) is 6.61 Å². The van der Waals surface area contributed by atoms with Gasteiger partial charge in [0.25, 0.3) is 0 Å². The highest BCUT2D eigenvalue weighted by Crippen LogP contribution is 2.36. The van der Waals surface area contributed by atoms with Crippen LogP contribution in [0.1, 0.15) is 5.56 Å². The molecule has 0 aliphatic carbocycles. The van der Waals surface area contributed by atoms with Crippen molar-refractivity contribution in [3.05, 3.63) is 58.7 Å². The molecular formula is C15H12BrNOS. The van der Waals surface area contributed by atoms with E-state index >= 15 is 0 Å². The first-order valence-electron chi connectivity index (χ1n) is 5.91. The molecule has 0 bridgehead atoms. The Hall–Kier alpha value is -1.23. The number of nitrogens with one attached hydrogen (secondary N) is 1. The van der Waals surface area contributed by atoms with Crippen LogP contribution in [0.25, 0.3) is 10.9 Å². The Bertz CT molecular complexity index is 723. The van der Waals surface area contributed by atoms with Gasteiger partial charge in [0, 0.05) is 31.4 Å². The molecular weight excluding hydrogens is 322 g/mol. The highest BCUT2D eigenvalue weighted by Gasteiger charge is 2.08. The van der Waals surface area contributed by atoms with Gasteiger partial charge in [-0.15, -0.1) is 0 Å². The fraction of sp³-hybridized carbons (Fsp3) is 0.0667. The molecule has 0 unspecified atom stereocenters. The van der Waals surface area contributed by atoms with E-state index in [1.165, 1.54) is 5.39 Å². The lowest BCUT2D eigenvalue weighted by molar-refractivity contribution is 0.279. The molecule has 0 fully saturated rings. The average molecular weight is 334 g/mol. The molecule has 4 heteroatoms. The lowest BCUT2D eigenvalue weighted by Gasteiger charge is -2.05. The number of rotatable bonds is 3. The van der Waals surface area contributed by atoms with Crippen LogP contribution in [0.2, 0.25) is 0 Å². The zero-order chi connectivity index (χ0) is 13.2. The summed E-state index contributed by atoms with van der Waals surface area (Å²) in [6.45, 7) is 0.0647. The van der Waals surface area contributed by atoms with Gasteiger partial charge in [0.15, 0.2) is 0 Å². The molecule has 3 rings (SSSR count). The van der Waals surface area contributed by atoms with E-state index < -0.39 is 0 Å². The number of aromatic nitrogens is 1. The second-order valence-electron chi connectivity index (χ2n) is 4.21. The number of halogens is 1. The van der Waals surface area contributed by atoms with Crippen LogP contribution in [0.3, 0.4) is 0 Å². The third kappa shape index (κ3) is 2.56. The van der Waals surface area contributed by atoms with Crippen molar-refractivity contribution in [2.75, 3.05) is 0 Å². The summed E-state index contributed by atoms with van der Waals surface area (Å²) < 4.78 is 1.07. The number of aliphatic hydroxyl groups excluding tert-OH is 1. The van der Waals surface area contributed by atoms with Gasteiger partial charge in [-0.25, -0.2) is 0 Å². The fourth-order valence-electron chi connectivity index (χ4n) is 2.00. The van der Waals surface area contributed by atoms with Crippen LogP contribution in [0.4, 0.5) is 0 Å². The topological polar surface area (TPSA) is 36.0 Å². The first-order valence-corrected chi connectivity index (χ1v) is 7.52. The summed E-state index contributed by atoms with van der Waals surface area (Å²) >= 11 is 5.17. The molecule has 0 aliphatic heterocycles. The molecule has 0 saturated heterocycles. The molecule has 1 heterocycles. The molecule has 0 saturated carbocycles. The summed E-state index contributed by atoms with van der Waals surface area (Å²) in [6.07, 6.45) is 2.01. The highest BCUT2D eigenvalue weighted by molar-refractivity contribution is 9.10. The maximum atomic E-state index is 9.38. The second kappa shape index (κ2) is 5.41. The van der Waals surface area contributed by atoms with E-state index in [4.69, 9.17) is 0 Å². The Morgan fingerprint density at radius 1 is 1.11 bits per heavy atom. The van der Waals surface area contributed by atoms with Crippen molar-refractivity contribution < 1.29 is 5.11 Å². The number of H-pyrrole nitrogens is 1. The number of aliphatic hydroxyl groups is 1. The Labute approximate surface area is 124 Å². The van der Waals surface area contributed by atoms with Gasteiger partial charge in [0.2, 0.25) is 0 Å². The first kappa shape index (κ1) is 12.8. The molecule has 1 aromatic heterocycles. The lowest BCUT2D eigenvalue weighted by Crippen LogP contribution is -1.85.